The zero-order chi connectivity index (χ0) is 19.8. The van der Waals surface area contributed by atoms with Crippen LogP contribution in [0.5, 0.6) is 0 Å². The van der Waals surface area contributed by atoms with E-state index in [0.717, 1.165) is 15.8 Å². The summed E-state index contributed by atoms with van der Waals surface area (Å²) in [6.45, 7) is 0. The molecule has 0 bridgehead atoms. The standard InChI is InChI=1S/C18H9Cl3N4O2S/c19-10-5-13(20)16(14(21)6-10)24-17-15-12(7-28-18(15)23-8-22-17)9-2-1-3-11(4-9)25(26)27/h1-8H,(H,22,23,24). The summed E-state index contributed by atoms with van der Waals surface area (Å²) >= 11 is 19.9. The maximum atomic E-state index is 11.1. The number of nitro groups is 1. The Morgan fingerprint density at radius 1 is 1.07 bits per heavy atom. The van der Waals surface area contributed by atoms with Gasteiger partial charge in [-0.3, -0.25) is 10.1 Å². The van der Waals surface area contributed by atoms with E-state index in [9.17, 15) is 10.1 Å². The minimum atomic E-state index is -0.430. The molecule has 0 saturated heterocycles. The lowest BCUT2D eigenvalue weighted by molar-refractivity contribution is -0.384. The summed E-state index contributed by atoms with van der Waals surface area (Å²) in [6.07, 6.45) is 1.43. The Kier molecular flexibility index (Phi) is 5.07. The van der Waals surface area contributed by atoms with Crippen LogP contribution in [0.4, 0.5) is 17.2 Å². The van der Waals surface area contributed by atoms with Crippen molar-refractivity contribution in [2.24, 2.45) is 0 Å². The van der Waals surface area contributed by atoms with Crippen LogP contribution in [-0.2, 0) is 0 Å². The number of benzene rings is 2. The Balaban J connectivity index is 1.87. The molecule has 0 spiro atoms. The van der Waals surface area contributed by atoms with Gasteiger partial charge >= 0.3 is 0 Å². The van der Waals surface area contributed by atoms with Crippen LogP contribution in [0.1, 0.15) is 0 Å². The van der Waals surface area contributed by atoms with E-state index in [1.165, 1.54) is 29.8 Å². The molecule has 140 valence electrons. The number of nitrogens with zero attached hydrogens (tertiary/aromatic N) is 3. The van der Waals surface area contributed by atoms with Crippen molar-refractivity contribution in [1.29, 1.82) is 0 Å². The number of halogens is 3. The molecule has 2 aromatic carbocycles. The van der Waals surface area contributed by atoms with Crippen molar-refractivity contribution in [2.75, 3.05) is 5.32 Å². The van der Waals surface area contributed by atoms with Crippen LogP contribution in [0.3, 0.4) is 0 Å². The summed E-state index contributed by atoms with van der Waals surface area (Å²) in [5, 5.41) is 18.0. The van der Waals surface area contributed by atoms with Gasteiger partial charge in [0.15, 0.2) is 0 Å². The highest BCUT2D eigenvalue weighted by Gasteiger charge is 2.17. The SMILES string of the molecule is O=[N+]([O-])c1cccc(-c2csc3ncnc(Nc4c(Cl)cc(Cl)cc4Cl)c23)c1. The van der Waals surface area contributed by atoms with Crippen molar-refractivity contribution in [3.8, 4) is 11.1 Å². The van der Waals surface area contributed by atoms with Crippen molar-refractivity contribution in [2.45, 2.75) is 0 Å². The van der Waals surface area contributed by atoms with Gasteiger partial charge in [-0.25, -0.2) is 9.97 Å². The number of rotatable bonds is 4. The monoisotopic (exact) mass is 450 g/mol. The van der Waals surface area contributed by atoms with Gasteiger partial charge in [0, 0.05) is 28.1 Å². The van der Waals surface area contributed by atoms with Gasteiger partial charge in [-0.2, -0.15) is 0 Å². The van der Waals surface area contributed by atoms with E-state index in [0.29, 0.717) is 32.1 Å². The second kappa shape index (κ2) is 7.52. The molecular weight excluding hydrogens is 443 g/mol. The number of hydrogen-bond acceptors (Lipinski definition) is 6. The van der Waals surface area contributed by atoms with Gasteiger partial charge in [0.05, 0.1) is 26.0 Å². The number of anilines is 2. The van der Waals surface area contributed by atoms with Gasteiger partial charge in [0.2, 0.25) is 0 Å². The number of thiophene rings is 1. The number of non-ortho nitro benzene ring substituents is 1. The van der Waals surface area contributed by atoms with E-state index < -0.39 is 4.92 Å². The summed E-state index contributed by atoms with van der Waals surface area (Å²) in [5.41, 5.74) is 1.93. The minimum Gasteiger partial charge on any atom is -0.337 e. The molecule has 10 heteroatoms. The molecule has 4 rings (SSSR count). The number of nitro benzene ring substituents is 1. The van der Waals surface area contributed by atoms with Crippen LogP contribution in [-0.4, -0.2) is 14.9 Å². The van der Waals surface area contributed by atoms with Crippen LogP contribution < -0.4 is 5.32 Å². The molecule has 28 heavy (non-hydrogen) atoms. The molecule has 0 amide bonds. The molecule has 0 saturated carbocycles. The van der Waals surface area contributed by atoms with E-state index in [4.69, 9.17) is 34.8 Å². The predicted molar refractivity (Wildman–Crippen MR) is 114 cm³/mol. The van der Waals surface area contributed by atoms with Crippen LogP contribution in [0.15, 0.2) is 48.1 Å². The number of nitrogens with one attached hydrogen (secondary N) is 1. The van der Waals surface area contributed by atoms with Gasteiger partial charge < -0.3 is 5.32 Å². The fourth-order valence-corrected chi connectivity index (χ4v) is 4.58. The molecule has 2 aromatic heterocycles. The summed E-state index contributed by atoms with van der Waals surface area (Å²) in [5.74, 6) is 0.485. The van der Waals surface area contributed by atoms with E-state index in [1.54, 1.807) is 24.3 Å². The fourth-order valence-electron chi connectivity index (χ4n) is 2.75. The van der Waals surface area contributed by atoms with E-state index in [-0.39, 0.29) is 5.69 Å². The maximum absolute atomic E-state index is 11.1. The van der Waals surface area contributed by atoms with Gasteiger partial charge in [-0.1, -0.05) is 46.9 Å². The van der Waals surface area contributed by atoms with Gasteiger partial charge in [-0.05, 0) is 17.7 Å². The molecule has 0 aliphatic carbocycles. The van der Waals surface area contributed by atoms with Crippen LogP contribution in [0.25, 0.3) is 21.3 Å². The Bertz CT molecular complexity index is 1210. The Morgan fingerprint density at radius 3 is 2.54 bits per heavy atom. The molecular formula is C18H9Cl3N4O2S. The Labute approximate surface area is 177 Å². The van der Waals surface area contributed by atoms with E-state index in [1.807, 2.05) is 5.38 Å². The van der Waals surface area contributed by atoms with Crippen molar-refractivity contribution < 1.29 is 4.92 Å². The average Bonchev–Trinajstić information content (AvgIpc) is 3.09. The smallest absolute Gasteiger partial charge is 0.270 e. The third kappa shape index (κ3) is 3.49. The Hall–Kier alpha value is -2.45. The average molecular weight is 452 g/mol. The summed E-state index contributed by atoms with van der Waals surface area (Å²) in [6, 6.07) is 9.55. The second-order valence-electron chi connectivity index (χ2n) is 5.73. The number of hydrogen-bond donors (Lipinski definition) is 1. The topological polar surface area (TPSA) is 81.0 Å². The second-order valence-corrected chi connectivity index (χ2v) is 7.84. The predicted octanol–water partition coefficient (Wildman–Crippen LogP) is 6.97. The molecule has 0 unspecified atom stereocenters. The lowest BCUT2D eigenvalue weighted by Gasteiger charge is -2.12. The first-order valence-corrected chi connectivity index (χ1v) is 9.84. The maximum Gasteiger partial charge on any atom is 0.270 e. The zero-order valence-corrected chi connectivity index (χ0v) is 16.9. The first-order valence-electron chi connectivity index (χ1n) is 7.82. The van der Waals surface area contributed by atoms with Crippen LogP contribution in [0, 0.1) is 10.1 Å². The molecule has 0 aliphatic heterocycles. The Morgan fingerprint density at radius 2 is 1.82 bits per heavy atom. The lowest BCUT2D eigenvalue weighted by atomic mass is 10.1. The molecule has 4 aromatic rings. The molecule has 0 fully saturated rings. The molecule has 2 heterocycles. The molecule has 0 atom stereocenters. The van der Waals surface area contributed by atoms with Gasteiger partial charge in [-0.15, -0.1) is 11.3 Å². The largest absolute Gasteiger partial charge is 0.337 e. The zero-order valence-electron chi connectivity index (χ0n) is 13.8. The van der Waals surface area contributed by atoms with Crippen molar-refractivity contribution in [3.05, 3.63) is 73.3 Å². The van der Waals surface area contributed by atoms with Crippen LogP contribution >= 0.6 is 46.1 Å². The van der Waals surface area contributed by atoms with Crippen molar-refractivity contribution >= 4 is 73.5 Å². The highest BCUT2D eigenvalue weighted by Crippen LogP contribution is 2.41. The first kappa shape index (κ1) is 18.9. The summed E-state index contributed by atoms with van der Waals surface area (Å²) in [7, 11) is 0. The summed E-state index contributed by atoms with van der Waals surface area (Å²) in [4.78, 5) is 20.0. The van der Waals surface area contributed by atoms with Crippen LogP contribution in [0.2, 0.25) is 15.1 Å². The third-order valence-corrected chi connectivity index (χ3v) is 5.69. The summed E-state index contributed by atoms with van der Waals surface area (Å²) < 4.78 is 0. The van der Waals surface area contributed by atoms with E-state index in [2.05, 4.69) is 15.3 Å². The molecule has 6 nitrogen and oxygen atoms in total. The normalized spacial score (nSPS) is 11.0. The number of aromatic nitrogens is 2. The molecule has 1 N–H and O–H groups in total. The van der Waals surface area contributed by atoms with Crippen molar-refractivity contribution in [1.82, 2.24) is 9.97 Å². The molecule has 0 radical (unpaired) electrons. The third-order valence-electron chi connectivity index (χ3n) is 3.99. The fraction of sp³-hybridized carbons (Fsp3) is 0. The minimum absolute atomic E-state index is 0.00648. The van der Waals surface area contributed by atoms with Gasteiger partial charge in [0.1, 0.15) is 17.0 Å². The number of fused-ring (bicyclic) bond motifs is 1. The first-order chi connectivity index (χ1) is 13.4. The highest BCUT2D eigenvalue weighted by molar-refractivity contribution is 7.17. The van der Waals surface area contributed by atoms with Gasteiger partial charge in [0.25, 0.3) is 5.69 Å². The van der Waals surface area contributed by atoms with E-state index >= 15 is 0 Å². The highest BCUT2D eigenvalue weighted by atomic mass is 35.5. The lowest BCUT2D eigenvalue weighted by Crippen LogP contribution is -1.97. The molecule has 0 aliphatic rings. The quantitative estimate of drug-likeness (QED) is 0.267. The van der Waals surface area contributed by atoms with Crippen molar-refractivity contribution in [3.63, 3.8) is 0 Å².